The number of halogens is 1. The predicted octanol–water partition coefficient (Wildman–Crippen LogP) is 2.83. The van der Waals surface area contributed by atoms with E-state index in [-0.39, 0.29) is 5.28 Å². The molecule has 1 aromatic heterocycles. The van der Waals surface area contributed by atoms with Crippen LogP contribution in [0.4, 0.5) is 11.9 Å². The second kappa shape index (κ2) is 7.36. The van der Waals surface area contributed by atoms with Crippen molar-refractivity contribution in [1.82, 2.24) is 15.0 Å². The number of aromatic nitrogens is 3. The van der Waals surface area contributed by atoms with Gasteiger partial charge in [0.05, 0.1) is 0 Å². The molecule has 1 heterocycles. The Morgan fingerprint density at radius 1 is 1.17 bits per heavy atom. The lowest BCUT2D eigenvalue weighted by atomic mass is 10.1. The van der Waals surface area contributed by atoms with Crippen LogP contribution in [-0.4, -0.2) is 34.6 Å². The zero-order valence-corrected chi connectivity index (χ0v) is 12.3. The van der Waals surface area contributed by atoms with Crippen molar-refractivity contribution in [3.05, 3.63) is 5.28 Å². The standard InChI is InChI=1S/C12H22ClN5/c1-5-18(6-2)12-16-10(13)15-11(17-12)14-8-7-9(3)4/h9H,5-8H2,1-4H3,(H,14,15,16,17). The summed E-state index contributed by atoms with van der Waals surface area (Å²) in [7, 11) is 0. The van der Waals surface area contributed by atoms with Crippen molar-refractivity contribution >= 4 is 23.5 Å². The lowest BCUT2D eigenvalue weighted by Crippen LogP contribution is -2.25. The Hall–Kier alpha value is -1.10. The highest BCUT2D eigenvalue weighted by atomic mass is 35.5. The van der Waals surface area contributed by atoms with Crippen molar-refractivity contribution in [2.75, 3.05) is 29.9 Å². The maximum atomic E-state index is 5.92. The molecule has 1 N–H and O–H groups in total. The van der Waals surface area contributed by atoms with Crippen LogP contribution >= 0.6 is 11.6 Å². The summed E-state index contributed by atoms with van der Waals surface area (Å²) in [4.78, 5) is 14.7. The van der Waals surface area contributed by atoms with E-state index in [0.717, 1.165) is 26.1 Å². The normalized spacial score (nSPS) is 10.8. The molecule has 0 amide bonds. The Bertz CT molecular complexity index is 365. The van der Waals surface area contributed by atoms with Crippen molar-refractivity contribution in [2.45, 2.75) is 34.1 Å². The molecule has 0 spiro atoms. The molecule has 0 aliphatic carbocycles. The van der Waals surface area contributed by atoms with E-state index in [4.69, 9.17) is 11.6 Å². The zero-order valence-electron chi connectivity index (χ0n) is 11.6. The topological polar surface area (TPSA) is 53.9 Å². The van der Waals surface area contributed by atoms with Gasteiger partial charge in [-0.3, -0.25) is 0 Å². The van der Waals surface area contributed by atoms with E-state index in [9.17, 15) is 0 Å². The molecule has 0 saturated carbocycles. The summed E-state index contributed by atoms with van der Waals surface area (Å²) in [5.41, 5.74) is 0. The van der Waals surface area contributed by atoms with Gasteiger partial charge >= 0.3 is 0 Å². The molecule has 0 bridgehead atoms. The largest absolute Gasteiger partial charge is 0.354 e. The third kappa shape index (κ3) is 4.64. The minimum absolute atomic E-state index is 0.235. The summed E-state index contributed by atoms with van der Waals surface area (Å²) in [6, 6.07) is 0. The van der Waals surface area contributed by atoms with Crippen LogP contribution in [0.5, 0.6) is 0 Å². The predicted molar refractivity (Wildman–Crippen MR) is 76.3 cm³/mol. The monoisotopic (exact) mass is 271 g/mol. The minimum Gasteiger partial charge on any atom is -0.354 e. The van der Waals surface area contributed by atoms with E-state index in [1.807, 2.05) is 4.90 Å². The molecule has 0 aliphatic heterocycles. The fourth-order valence-corrected chi connectivity index (χ4v) is 1.69. The molecule has 0 aromatic carbocycles. The summed E-state index contributed by atoms with van der Waals surface area (Å²) in [6.45, 7) is 11.0. The summed E-state index contributed by atoms with van der Waals surface area (Å²) >= 11 is 5.92. The van der Waals surface area contributed by atoms with Crippen LogP contribution < -0.4 is 10.2 Å². The highest BCUT2D eigenvalue weighted by Gasteiger charge is 2.09. The first kappa shape index (κ1) is 15.0. The molecule has 0 atom stereocenters. The van der Waals surface area contributed by atoms with Gasteiger partial charge in [-0.25, -0.2) is 0 Å². The SMILES string of the molecule is CCN(CC)c1nc(Cl)nc(NCCC(C)C)n1. The molecule has 0 unspecified atom stereocenters. The molecule has 5 nitrogen and oxygen atoms in total. The van der Waals surface area contributed by atoms with Gasteiger partial charge in [-0.05, 0) is 37.8 Å². The second-order valence-electron chi connectivity index (χ2n) is 4.51. The first-order valence-electron chi connectivity index (χ1n) is 6.47. The van der Waals surface area contributed by atoms with Crippen molar-refractivity contribution in [1.29, 1.82) is 0 Å². The fourth-order valence-electron chi connectivity index (χ4n) is 1.54. The van der Waals surface area contributed by atoms with Crippen LogP contribution in [0, 0.1) is 5.92 Å². The van der Waals surface area contributed by atoms with E-state index in [2.05, 4.69) is 48.0 Å². The smallest absolute Gasteiger partial charge is 0.231 e. The zero-order chi connectivity index (χ0) is 13.5. The number of anilines is 2. The highest BCUT2D eigenvalue weighted by molar-refractivity contribution is 6.28. The van der Waals surface area contributed by atoms with Gasteiger partial charge < -0.3 is 10.2 Å². The van der Waals surface area contributed by atoms with Crippen LogP contribution in [0.15, 0.2) is 0 Å². The number of nitrogens with one attached hydrogen (secondary N) is 1. The van der Waals surface area contributed by atoms with Crippen molar-refractivity contribution < 1.29 is 0 Å². The number of nitrogens with zero attached hydrogens (tertiary/aromatic N) is 4. The molecule has 0 saturated heterocycles. The molecule has 6 heteroatoms. The molecule has 0 radical (unpaired) electrons. The summed E-state index contributed by atoms with van der Waals surface area (Å²) < 4.78 is 0. The van der Waals surface area contributed by atoms with Crippen LogP contribution in [0.25, 0.3) is 0 Å². The van der Waals surface area contributed by atoms with Crippen LogP contribution in [0.1, 0.15) is 34.1 Å². The fraction of sp³-hybridized carbons (Fsp3) is 0.750. The molecule has 18 heavy (non-hydrogen) atoms. The van der Waals surface area contributed by atoms with Gasteiger partial charge in [0.1, 0.15) is 0 Å². The third-order valence-corrected chi connectivity index (χ3v) is 2.82. The lowest BCUT2D eigenvalue weighted by molar-refractivity contribution is 0.605. The Kier molecular flexibility index (Phi) is 6.12. The number of rotatable bonds is 7. The van der Waals surface area contributed by atoms with Crippen molar-refractivity contribution in [3.8, 4) is 0 Å². The second-order valence-corrected chi connectivity index (χ2v) is 4.85. The average molecular weight is 272 g/mol. The minimum atomic E-state index is 0.235. The van der Waals surface area contributed by atoms with Gasteiger partial charge in [0.2, 0.25) is 17.2 Å². The molecule has 1 rings (SSSR count). The van der Waals surface area contributed by atoms with Gasteiger partial charge in [-0.2, -0.15) is 15.0 Å². The Morgan fingerprint density at radius 3 is 2.39 bits per heavy atom. The Morgan fingerprint density at radius 2 is 1.83 bits per heavy atom. The van der Waals surface area contributed by atoms with Crippen molar-refractivity contribution in [2.24, 2.45) is 5.92 Å². The summed E-state index contributed by atoms with van der Waals surface area (Å²) in [5.74, 6) is 1.83. The van der Waals surface area contributed by atoms with Gasteiger partial charge in [-0.15, -0.1) is 0 Å². The van der Waals surface area contributed by atoms with E-state index in [1.165, 1.54) is 0 Å². The summed E-state index contributed by atoms with van der Waals surface area (Å²) in [6.07, 6.45) is 1.07. The molecule has 0 fully saturated rings. The maximum absolute atomic E-state index is 5.92. The van der Waals surface area contributed by atoms with E-state index < -0.39 is 0 Å². The van der Waals surface area contributed by atoms with Crippen LogP contribution in [-0.2, 0) is 0 Å². The van der Waals surface area contributed by atoms with Crippen LogP contribution in [0.2, 0.25) is 5.28 Å². The molecule has 102 valence electrons. The van der Waals surface area contributed by atoms with Gasteiger partial charge in [-0.1, -0.05) is 13.8 Å². The highest BCUT2D eigenvalue weighted by Crippen LogP contribution is 2.13. The van der Waals surface area contributed by atoms with Crippen molar-refractivity contribution in [3.63, 3.8) is 0 Å². The van der Waals surface area contributed by atoms with E-state index in [1.54, 1.807) is 0 Å². The number of hydrogen-bond acceptors (Lipinski definition) is 5. The quantitative estimate of drug-likeness (QED) is 0.826. The third-order valence-electron chi connectivity index (χ3n) is 2.65. The maximum Gasteiger partial charge on any atom is 0.231 e. The first-order valence-corrected chi connectivity index (χ1v) is 6.85. The van der Waals surface area contributed by atoms with E-state index in [0.29, 0.717) is 17.8 Å². The molecular formula is C12H22ClN5. The van der Waals surface area contributed by atoms with Crippen LogP contribution in [0.3, 0.4) is 0 Å². The first-order chi connectivity index (χ1) is 8.56. The molecule has 0 aliphatic rings. The average Bonchev–Trinajstić information content (AvgIpc) is 2.29. The Balaban J connectivity index is 2.74. The summed E-state index contributed by atoms with van der Waals surface area (Å²) in [5, 5.41) is 3.42. The molecular weight excluding hydrogens is 250 g/mol. The Labute approximate surface area is 114 Å². The number of hydrogen-bond donors (Lipinski definition) is 1. The van der Waals surface area contributed by atoms with Gasteiger partial charge in [0.25, 0.3) is 0 Å². The van der Waals surface area contributed by atoms with E-state index >= 15 is 0 Å². The molecule has 1 aromatic rings. The van der Waals surface area contributed by atoms with Gasteiger partial charge in [0.15, 0.2) is 0 Å². The van der Waals surface area contributed by atoms with Gasteiger partial charge in [0, 0.05) is 19.6 Å². The lowest BCUT2D eigenvalue weighted by Gasteiger charge is -2.18.